The van der Waals surface area contributed by atoms with Gasteiger partial charge in [-0.05, 0) is 36.8 Å². The fourth-order valence-electron chi connectivity index (χ4n) is 2.74. The van der Waals surface area contributed by atoms with Crippen LogP contribution in [0.4, 0.5) is 0 Å². The predicted octanol–water partition coefficient (Wildman–Crippen LogP) is 5.55. The van der Waals surface area contributed by atoms with Crippen LogP contribution in [0, 0.1) is 0 Å². The summed E-state index contributed by atoms with van der Waals surface area (Å²) in [6, 6.07) is 14.2. The van der Waals surface area contributed by atoms with E-state index in [2.05, 4.69) is 22.1 Å². The number of carbonyl (C=O) groups is 1. The van der Waals surface area contributed by atoms with Crippen LogP contribution in [-0.2, 0) is 12.3 Å². The van der Waals surface area contributed by atoms with Gasteiger partial charge >= 0.3 is 0 Å². The fourth-order valence-corrected chi connectivity index (χ4v) is 4.26. The zero-order valence-corrected chi connectivity index (χ0v) is 18.1. The average Bonchev–Trinajstić information content (AvgIpc) is 3.11. The lowest BCUT2D eigenvalue weighted by molar-refractivity contribution is 0.0937. The van der Waals surface area contributed by atoms with Crippen molar-refractivity contribution in [1.82, 2.24) is 20.1 Å². The molecule has 2 aromatic carbocycles. The number of allylic oxidation sites excluding steroid dienone is 1. The smallest absolute Gasteiger partial charge is 0.251 e. The standard InChI is InChI=1S/C21H20Cl2N4OS/c1-3-11-27-19(14(2)24-20(28)15-7-5-4-6-8-15)25-26-21(27)29-13-16-9-10-17(22)12-18(16)23/h3-10,12,14H,1,11,13H2,2H3,(H,24,28)/t14-/m0/s1. The van der Waals surface area contributed by atoms with E-state index in [9.17, 15) is 4.79 Å². The van der Waals surface area contributed by atoms with Crippen LogP contribution in [0.1, 0.15) is 34.7 Å². The zero-order chi connectivity index (χ0) is 20.8. The van der Waals surface area contributed by atoms with Crippen LogP contribution >= 0.6 is 35.0 Å². The topological polar surface area (TPSA) is 59.8 Å². The second-order valence-electron chi connectivity index (χ2n) is 6.33. The van der Waals surface area contributed by atoms with E-state index in [-0.39, 0.29) is 11.9 Å². The summed E-state index contributed by atoms with van der Waals surface area (Å²) in [6.45, 7) is 6.24. The van der Waals surface area contributed by atoms with Crippen LogP contribution in [0.25, 0.3) is 0 Å². The molecule has 0 fully saturated rings. The maximum Gasteiger partial charge on any atom is 0.251 e. The number of amides is 1. The third-order valence-electron chi connectivity index (χ3n) is 4.20. The zero-order valence-electron chi connectivity index (χ0n) is 15.8. The molecule has 3 rings (SSSR count). The number of nitrogens with one attached hydrogen (secondary N) is 1. The van der Waals surface area contributed by atoms with Crippen molar-refractivity contribution >= 4 is 40.9 Å². The molecule has 0 spiro atoms. The van der Waals surface area contributed by atoms with E-state index >= 15 is 0 Å². The van der Waals surface area contributed by atoms with Gasteiger partial charge in [0.05, 0.1) is 6.04 Å². The van der Waals surface area contributed by atoms with Gasteiger partial charge in [0.2, 0.25) is 0 Å². The van der Waals surface area contributed by atoms with Gasteiger partial charge in [-0.25, -0.2) is 0 Å². The van der Waals surface area contributed by atoms with Gasteiger partial charge in [-0.3, -0.25) is 4.79 Å². The van der Waals surface area contributed by atoms with Crippen LogP contribution in [0.15, 0.2) is 66.3 Å². The van der Waals surface area contributed by atoms with Crippen LogP contribution in [0.3, 0.4) is 0 Å². The minimum absolute atomic E-state index is 0.159. The Kier molecular flexibility index (Phi) is 7.36. The molecule has 1 aromatic heterocycles. The number of halogens is 2. The summed E-state index contributed by atoms with van der Waals surface area (Å²) in [4.78, 5) is 12.5. The number of benzene rings is 2. The molecule has 0 radical (unpaired) electrons. The Morgan fingerprint density at radius 3 is 2.69 bits per heavy atom. The van der Waals surface area contributed by atoms with E-state index in [0.717, 1.165) is 10.7 Å². The highest BCUT2D eigenvalue weighted by molar-refractivity contribution is 7.98. The normalized spacial score (nSPS) is 11.8. The molecule has 0 unspecified atom stereocenters. The molecule has 3 aromatic rings. The van der Waals surface area contributed by atoms with Crippen molar-refractivity contribution in [2.45, 2.75) is 30.4 Å². The van der Waals surface area contributed by atoms with Crippen molar-refractivity contribution in [3.8, 4) is 0 Å². The third-order valence-corrected chi connectivity index (χ3v) is 5.80. The lowest BCUT2D eigenvalue weighted by atomic mass is 10.2. The van der Waals surface area contributed by atoms with Gasteiger partial charge in [0, 0.05) is 27.9 Å². The molecule has 29 heavy (non-hydrogen) atoms. The Hall–Kier alpha value is -2.28. The van der Waals surface area contributed by atoms with Crippen molar-refractivity contribution in [1.29, 1.82) is 0 Å². The second kappa shape index (κ2) is 9.96. The lowest BCUT2D eigenvalue weighted by Gasteiger charge is -2.15. The number of thioether (sulfide) groups is 1. The van der Waals surface area contributed by atoms with Crippen LogP contribution in [0.2, 0.25) is 10.0 Å². The van der Waals surface area contributed by atoms with E-state index in [4.69, 9.17) is 23.2 Å². The van der Waals surface area contributed by atoms with E-state index in [1.807, 2.05) is 41.8 Å². The summed E-state index contributed by atoms with van der Waals surface area (Å²) in [7, 11) is 0. The highest BCUT2D eigenvalue weighted by Gasteiger charge is 2.20. The molecule has 0 aliphatic rings. The molecule has 1 N–H and O–H groups in total. The summed E-state index contributed by atoms with van der Waals surface area (Å²) in [6.07, 6.45) is 1.78. The largest absolute Gasteiger partial charge is 0.342 e. The highest BCUT2D eigenvalue weighted by atomic mass is 35.5. The van der Waals surface area contributed by atoms with Gasteiger partial charge in [-0.2, -0.15) is 0 Å². The minimum Gasteiger partial charge on any atom is -0.342 e. The number of nitrogens with zero attached hydrogens (tertiary/aromatic N) is 3. The number of carbonyl (C=O) groups excluding carboxylic acids is 1. The molecule has 1 amide bonds. The van der Waals surface area contributed by atoms with Gasteiger partial charge in [0.15, 0.2) is 11.0 Å². The molecule has 1 heterocycles. The van der Waals surface area contributed by atoms with Crippen LogP contribution in [-0.4, -0.2) is 20.7 Å². The van der Waals surface area contributed by atoms with Crippen molar-refractivity contribution in [3.63, 3.8) is 0 Å². The Morgan fingerprint density at radius 1 is 1.24 bits per heavy atom. The Balaban J connectivity index is 1.75. The van der Waals surface area contributed by atoms with Crippen molar-refractivity contribution in [2.75, 3.05) is 0 Å². The first-order valence-corrected chi connectivity index (χ1v) is 10.7. The quantitative estimate of drug-likeness (QED) is 0.363. The molecule has 0 bridgehead atoms. The van der Waals surface area contributed by atoms with E-state index < -0.39 is 0 Å². The van der Waals surface area contributed by atoms with Gasteiger partial charge in [0.25, 0.3) is 5.91 Å². The molecule has 1 atom stereocenters. The second-order valence-corrected chi connectivity index (χ2v) is 8.11. The van der Waals surface area contributed by atoms with Crippen LogP contribution < -0.4 is 5.32 Å². The lowest BCUT2D eigenvalue weighted by Crippen LogP contribution is -2.28. The summed E-state index contributed by atoms with van der Waals surface area (Å²) < 4.78 is 1.94. The summed E-state index contributed by atoms with van der Waals surface area (Å²) in [5.74, 6) is 1.13. The Labute approximate surface area is 184 Å². The van der Waals surface area contributed by atoms with Gasteiger partial charge in [-0.15, -0.1) is 16.8 Å². The SMILES string of the molecule is C=CCn1c(SCc2ccc(Cl)cc2Cl)nnc1[C@H](C)NC(=O)c1ccccc1. The molecule has 0 saturated heterocycles. The molecule has 8 heteroatoms. The number of hydrogen-bond donors (Lipinski definition) is 1. The van der Waals surface area contributed by atoms with Gasteiger partial charge in [0.1, 0.15) is 0 Å². The third kappa shape index (κ3) is 5.41. The summed E-state index contributed by atoms with van der Waals surface area (Å²) in [5, 5.41) is 13.5. The first-order chi connectivity index (χ1) is 14.0. The van der Waals surface area contributed by atoms with Crippen molar-refractivity contribution in [2.24, 2.45) is 0 Å². The van der Waals surface area contributed by atoms with E-state index in [1.54, 1.807) is 24.3 Å². The first kappa shape index (κ1) is 21.4. The van der Waals surface area contributed by atoms with Gasteiger partial charge in [-0.1, -0.05) is 65.3 Å². The molecular formula is C21H20Cl2N4OS. The summed E-state index contributed by atoms with van der Waals surface area (Å²) in [5.41, 5.74) is 1.56. The monoisotopic (exact) mass is 446 g/mol. The maximum atomic E-state index is 12.5. The van der Waals surface area contributed by atoms with Gasteiger partial charge < -0.3 is 9.88 Å². The number of rotatable bonds is 8. The Morgan fingerprint density at radius 2 is 2.00 bits per heavy atom. The van der Waals surface area contributed by atoms with Crippen molar-refractivity contribution < 1.29 is 4.79 Å². The summed E-state index contributed by atoms with van der Waals surface area (Å²) >= 11 is 13.7. The highest BCUT2D eigenvalue weighted by Crippen LogP contribution is 2.29. The van der Waals surface area contributed by atoms with Crippen molar-refractivity contribution in [3.05, 3.63) is 88.2 Å². The molecule has 0 saturated carbocycles. The fraction of sp³-hybridized carbons (Fsp3) is 0.190. The number of aromatic nitrogens is 3. The first-order valence-electron chi connectivity index (χ1n) is 8.96. The van der Waals surface area contributed by atoms with E-state index in [1.165, 1.54) is 11.8 Å². The van der Waals surface area contributed by atoms with Crippen LogP contribution in [0.5, 0.6) is 0 Å². The Bertz CT molecular complexity index is 1010. The average molecular weight is 447 g/mol. The maximum absolute atomic E-state index is 12.5. The predicted molar refractivity (Wildman–Crippen MR) is 119 cm³/mol. The molecule has 0 aliphatic heterocycles. The number of hydrogen-bond acceptors (Lipinski definition) is 4. The molecular weight excluding hydrogens is 427 g/mol. The molecule has 5 nitrogen and oxygen atoms in total. The molecule has 150 valence electrons. The molecule has 0 aliphatic carbocycles. The van der Waals surface area contributed by atoms with E-state index in [0.29, 0.717) is 33.7 Å². The minimum atomic E-state index is -0.316.